The van der Waals surface area contributed by atoms with Gasteiger partial charge in [-0.3, -0.25) is 10.1 Å². The van der Waals surface area contributed by atoms with Crippen molar-refractivity contribution in [2.45, 2.75) is 20.4 Å². The van der Waals surface area contributed by atoms with Crippen molar-refractivity contribution < 1.29 is 9.53 Å². The van der Waals surface area contributed by atoms with Crippen LogP contribution in [-0.2, 0) is 11.3 Å². The molecular weight excluding hydrogens is 244 g/mol. The molecule has 0 fully saturated rings. The van der Waals surface area contributed by atoms with Crippen LogP contribution in [0.3, 0.4) is 0 Å². The molecule has 1 aromatic carbocycles. The Bertz CT molecular complexity index is 575. The summed E-state index contributed by atoms with van der Waals surface area (Å²) in [5.41, 5.74) is 0.923. The van der Waals surface area contributed by atoms with Crippen molar-refractivity contribution in [2.75, 3.05) is 12.4 Å². The van der Waals surface area contributed by atoms with Crippen LogP contribution in [0.25, 0.3) is 11.4 Å². The maximum atomic E-state index is 11.0. The number of aryl methyl sites for hydroxylation is 1. The van der Waals surface area contributed by atoms with Gasteiger partial charge in [-0.05, 0) is 31.2 Å². The van der Waals surface area contributed by atoms with Gasteiger partial charge in [-0.25, -0.2) is 4.68 Å². The van der Waals surface area contributed by atoms with Crippen molar-refractivity contribution >= 4 is 11.9 Å². The van der Waals surface area contributed by atoms with Crippen molar-refractivity contribution in [2.24, 2.45) is 0 Å². The van der Waals surface area contributed by atoms with Gasteiger partial charge in [0, 0.05) is 19.0 Å². The van der Waals surface area contributed by atoms with Gasteiger partial charge < -0.3 is 4.74 Å². The molecule has 0 atom stereocenters. The Hall–Kier alpha value is -2.37. The predicted molar refractivity (Wildman–Crippen MR) is 72.0 cm³/mol. The molecule has 19 heavy (non-hydrogen) atoms. The van der Waals surface area contributed by atoms with Crippen molar-refractivity contribution in [3.05, 3.63) is 24.3 Å². The van der Waals surface area contributed by atoms with Gasteiger partial charge in [-0.15, -0.1) is 5.10 Å². The first-order chi connectivity index (χ1) is 9.13. The lowest BCUT2D eigenvalue weighted by Gasteiger charge is -2.03. The van der Waals surface area contributed by atoms with E-state index in [0.29, 0.717) is 18.3 Å². The summed E-state index contributed by atoms with van der Waals surface area (Å²) >= 11 is 0. The quantitative estimate of drug-likeness (QED) is 0.912. The fourth-order valence-electron chi connectivity index (χ4n) is 1.73. The van der Waals surface area contributed by atoms with Crippen LogP contribution in [0.2, 0.25) is 0 Å². The molecule has 0 aliphatic heterocycles. The summed E-state index contributed by atoms with van der Waals surface area (Å²) in [5.74, 6) is 1.64. The number of rotatable bonds is 4. The maximum absolute atomic E-state index is 11.0. The minimum atomic E-state index is -0.186. The number of hydrogen-bond donors (Lipinski definition) is 1. The Morgan fingerprint density at radius 2 is 2.05 bits per heavy atom. The Morgan fingerprint density at radius 1 is 1.37 bits per heavy atom. The lowest BCUT2D eigenvalue weighted by molar-refractivity contribution is -0.114. The van der Waals surface area contributed by atoms with Gasteiger partial charge in [0.25, 0.3) is 0 Å². The van der Waals surface area contributed by atoms with Gasteiger partial charge in [-0.1, -0.05) is 0 Å². The molecule has 1 heterocycles. The Labute approximate surface area is 111 Å². The van der Waals surface area contributed by atoms with E-state index in [4.69, 9.17) is 4.74 Å². The summed E-state index contributed by atoms with van der Waals surface area (Å²) in [4.78, 5) is 15.4. The van der Waals surface area contributed by atoms with E-state index in [1.54, 1.807) is 11.8 Å². The van der Waals surface area contributed by atoms with Crippen LogP contribution >= 0.6 is 0 Å². The highest BCUT2D eigenvalue weighted by atomic mass is 16.5. The zero-order chi connectivity index (χ0) is 13.8. The van der Waals surface area contributed by atoms with Crippen molar-refractivity contribution in [3.8, 4) is 17.1 Å². The van der Waals surface area contributed by atoms with E-state index in [0.717, 1.165) is 11.3 Å². The van der Waals surface area contributed by atoms with Crippen LogP contribution in [0.5, 0.6) is 5.75 Å². The molecule has 2 aromatic rings. The first kappa shape index (κ1) is 13.1. The number of amides is 1. The standard InChI is InChI=1S/C13H16N4O2/c1-4-17-12(15-13(16-17)14-9(2)18)10-5-7-11(19-3)8-6-10/h5-8H,4H2,1-3H3,(H,14,16,18). The van der Waals surface area contributed by atoms with Gasteiger partial charge in [0.2, 0.25) is 11.9 Å². The van der Waals surface area contributed by atoms with Crippen LogP contribution in [-0.4, -0.2) is 27.8 Å². The summed E-state index contributed by atoms with van der Waals surface area (Å²) in [6, 6.07) is 7.54. The topological polar surface area (TPSA) is 69.0 Å². The zero-order valence-electron chi connectivity index (χ0n) is 11.2. The minimum absolute atomic E-state index is 0.186. The molecule has 0 unspecified atom stereocenters. The minimum Gasteiger partial charge on any atom is -0.497 e. The third kappa shape index (κ3) is 2.90. The van der Waals surface area contributed by atoms with Crippen molar-refractivity contribution in [1.29, 1.82) is 0 Å². The normalized spacial score (nSPS) is 10.3. The molecule has 0 aliphatic rings. The predicted octanol–water partition coefficient (Wildman–Crippen LogP) is 1.93. The molecule has 0 radical (unpaired) electrons. The number of ether oxygens (including phenoxy) is 1. The number of anilines is 1. The second-order valence-corrected chi connectivity index (χ2v) is 3.98. The van der Waals surface area contributed by atoms with Crippen molar-refractivity contribution in [1.82, 2.24) is 14.8 Å². The van der Waals surface area contributed by atoms with E-state index in [-0.39, 0.29) is 5.91 Å². The van der Waals surface area contributed by atoms with E-state index in [1.807, 2.05) is 31.2 Å². The fourth-order valence-corrected chi connectivity index (χ4v) is 1.73. The average molecular weight is 260 g/mol. The van der Waals surface area contributed by atoms with Crippen LogP contribution in [0.4, 0.5) is 5.95 Å². The Kier molecular flexibility index (Phi) is 3.79. The molecule has 6 nitrogen and oxygen atoms in total. The lowest BCUT2D eigenvalue weighted by Crippen LogP contribution is -2.07. The summed E-state index contributed by atoms with van der Waals surface area (Å²) in [7, 11) is 1.62. The van der Waals surface area contributed by atoms with Crippen LogP contribution in [0.1, 0.15) is 13.8 Å². The van der Waals surface area contributed by atoms with Gasteiger partial charge in [-0.2, -0.15) is 4.98 Å². The van der Waals surface area contributed by atoms with Crippen LogP contribution in [0, 0.1) is 0 Å². The second-order valence-electron chi connectivity index (χ2n) is 3.98. The zero-order valence-corrected chi connectivity index (χ0v) is 11.2. The Balaban J connectivity index is 2.36. The van der Waals surface area contributed by atoms with Crippen LogP contribution in [0.15, 0.2) is 24.3 Å². The van der Waals surface area contributed by atoms with Gasteiger partial charge in [0.1, 0.15) is 5.75 Å². The molecule has 0 spiro atoms. The van der Waals surface area contributed by atoms with E-state index in [9.17, 15) is 4.79 Å². The molecule has 1 aromatic heterocycles. The molecule has 2 rings (SSSR count). The molecule has 1 amide bonds. The number of carbonyl (C=O) groups excluding carboxylic acids is 1. The van der Waals surface area contributed by atoms with E-state index < -0.39 is 0 Å². The SMILES string of the molecule is CCn1nc(NC(C)=O)nc1-c1ccc(OC)cc1. The number of carbonyl (C=O) groups is 1. The summed E-state index contributed by atoms with van der Waals surface area (Å²) in [6.45, 7) is 4.08. The largest absolute Gasteiger partial charge is 0.497 e. The number of benzene rings is 1. The third-order valence-corrected chi connectivity index (χ3v) is 2.61. The summed E-state index contributed by atoms with van der Waals surface area (Å²) in [5, 5.41) is 6.82. The third-order valence-electron chi connectivity index (χ3n) is 2.61. The molecule has 100 valence electrons. The van der Waals surface area contributed by atoms with Crippen molar-refractivity contribution in [3.63, 3.8) is 0 Å². The Morgan fingerprint density at radius 3 is 2.58 bits per heavy atom. The van der Waals surface area contributed by atoms with E-state index in [1.165, 1.54) is 6.92 Å². The van der Waals surface area contributed by atoms with E-state index >= 15 is 0 Å². The number of hydrogen-bond acceptors (Lipinski definition) is 4. The highest BCUT2D eigenvalue weighted by Gasteiger charge is 2.11. The smallest absolute Gasteiger partial charge is 0.249 e. The fraction of sp³-hybridized carbons (Fsp3) is 0.308. The molecule has 0 saturated heterocycles. The number of nitrogens with one attached hydrogen (secondary N) is 1. The average Bonchev–Trinajstić information content (AvgIpc) is 2.81. The number of aromatic nitrogens is 3. The molecule has 0 saturated carbocycles. The van der Waals surface area contributed by atoms with Gasteiger partial charge in [0.05, 0.1) is 7.11 Å². The van der Waals surface area contributed by atoms with Crippen LogP contribution < -0.4 is 10.1 Å². The first-order valence-corrected chi connectivity index (χ1v) is 6.01. The first-order valence-electron chi connectivity index (χ1n) is 6.01. The summed E-state index contributed by atoms with van der Waals surface area (Å²) in [6.07, 6.45) is 0. The van der Waals surface area contributed by atoms with E-state index in [2.05, 4.69) is 15.4 Å². The highest BCUT2D eigenvalue weighted by Crippen LogP contribution is 2.22. The highest BCUT2D eigenvalue weighted by molar-refractivity contribution is 5.86. The molecule has 0 aliphatic carbocycles. The van der Waals surface area contributed by atoms with Gasteiger partial charge in [0.15, 0.2) is 5.82 Å². The summed E-state index contributed by atoms with van der Waals surface area (Å²) < 4.78 is 6.86. The molecule has 6 heteroatoms. The monoisotopic (exact) mass is 260 g/mol. The molecular formula is C13H16N4O2. The number of methoxy groups -OCH3 is 1. The number of nitrogens with zero attached hydrogens (tertiary/aromatic N) is 3. The molecule has 0 bridgehead atoms. The second kappa shape index (κ2) is 5.51. The molecule has 1 N–H and O–H groups in total. The maximum Gasteiger partial charge on any atom is 0.249 e. The lowest BCUT2D eigenvalue weighted by atomic mass is 10.2. The van der Waals surface area contributed by atoms with Gasteiger partial charge >= 0.3 is 0 Å².